The zero-order valence-corrected chi connectivity index (χ0v) is 17.3. The summed E-state index contributed by atoms with van der Waals surface area (Å²) in [7, 11) is 0. The van der Waals surface area contributed by atoms with Crippen molar-refractivity contribution in [2.24, 2.45) is 5.41 Å². The van der Waals surface area contributed by atoms with Crippen LogP contribution in [0.4, 0.5) is 10.8 Å². The number of nitrogens with zero attached hydrogens (tertiary/aromatic N) is 1. The molecule has 2 fully saturated rings. The summed E-state index contributed by atoms with van der Waals surface area (Å²) in [4.78, 5) is 30.0. The number of anilines is 2. The molecule has 1 spiro atoms. The Morgan fingerprint density at radius 1 is 1.28 bits per heavy atom. The first-order valence-corrected chi connectivity index (χ1v) is 10.6. The van der Waals surface area contributed by atoms with Gasteiger partial charge in [0.2, 0.25) is 0 Å². The van der Waals surface area contributed by atoms with E-state index in [9.17, 15) is 9.59 Å². The Kier molecular flexibility index (Phi) is 5.31. The molecule has 0 bridgehead atoms. The van der Waals surface area contributed by atoms with Gasteiger partial charge in [0.1, 0.15) is 6.10 Å². The number of rotatable bonds is 7. The number of ether oxygens (including phenoxy) is 3. The van der Waals surface area contributed by atoms with E-state index in [2.05, 4.69) is 10.3 Å². The lowest BCUT2D eigenvalue weighted by atomic mass is 9.78. The predicted octanol–water partition coefficient (Wildman–Crippen LogP) is 3.78. The number of aromatic nitrogens is 1. The zero-order valence-electron chi connectivity index (χ0n) is 16.5. The van der Waals surface area contributed by atoms with E-state index in [0.717, 1.165) is 12.1 Å². The Morgan fingerprint density at radius 3 is 2.83 bits per heavy atom. The third-order valence-corrected chi connectivity index (χ3v) is 6.07. The molecule has 3 atom stereocenters. The van der Waals surface area contributed by atoms with E-state index < -0.39 is 29.1 Å². The second-order valence-corrected chi connectivity index (χ2v) is 8.57. The van der Waals surface area contributed by atoms with Gasteiger partial charge in [0.25, 0.3) is 0 Å². The number of carbonyl (C=O) groups is 2. The van der Waals surface area contributed by atoms with Crippen LogP contribution >= 0.6 is 11.3 Å². The third-order valence-electron chi connectivity index (χ3n) is 5.31. The van der Waals surface area contributed by atoms with Gasteiger partial charge in [0.15, 0.2) is 16.1 Å². The molecule has 7 nitrogen and oxygen atoms in total. The van der Waals surface area contributed by atoms with Gasteiger partial charge in [-0.1, -0.05) is 25.1 Å². The summed E-state index contributed by atoms with van der Waals surface area (Å²) in [5, 5.41) is 5.80. The maximum atomic E-state index is 12.8. The zero-order chi connectivity index (χ0) is 20.5. The van der Waals surface area contributed by atoms with Gasteiger partial charge in [-0.25, -0.2) is 4.98 Å². The summed E-state index contributed by atoms with van der Waals surface area (Å²) >= 11 is 1.43. The molecule has 29 heavy (non-hydrogen) atoms. The number of benzene rings is 1. The van der Waals surface area contributed by atoms with Crippen molar-refractivity contribution in [3.63, 3.8) is 0 Å². The molecular weight excluding hydrogens is 392 g/mol. The van der Waals surface area contributed by atoms with Crippen LogP contribution in [0.1, 0.15) is 38.8 Å². The van der Waals surface area contributed by atoms with Crippen LogP contribution in [0.15, 0.2) is 35.7 Å². The van der Waals surface area contributed by atoms with Crippen LogP contribution < -0.4 is 5.32 Å². The molecule has 1 aromatic carbocycles. The SMILES string of the molecule is CCCOC[C@@H]1C[C@]2(C[C@@](C)(c3csc(Nc4ccccc4)n3)OC2=O)C(=O)O1. The molecule has 2 aliphatic heterocycles. The molecule has 3 heterocycles. The average molecular weight is 416 g/mol. The van der Waals surface area contributed by atoms with Crippen molar-refractivity contribution in [3.05, 3.63) is 41.4 Å². The molecule has 0 saturated carbocycles. The predicted molar refractivity (Wildman–Crippen MR) is 108 cm³/mol. The number of thiazole rings is 1. The lowest BCUT2D eigenvalue weighted by molar-refractivity contribution is -0.160. The van der Waals surface area contributed by atoms with E-state index in [4.69, 9.17) is 14.2 Å². The first-order chi connectivity index (χ1) is 13.9. The average Bonchev–Trinajstić information content (AvgIpc) is 3.35. The second-order valence-electron chi connectivity index (χ2n) is 7.71. The lowest BCUT2D eigenvalue weighted by Gasteiger charge is -2.20. The lowest BCUT2D eigenvalue weighted by Crippen LogP contribution is -2.32. The molecule has 0 aliphatic carbocycles. The van der Waals surface area contributed by atoms with Crippen molar-refractivity contribution in [1.29, 1.82) is 0 Å². The molecule has 1 N–H and O–H groups in total. The number of carbonyl (C=O) groups excluding carboxylic acids is 2. The molecule has 2 aromatic rings. The van der Waals surface area contributed by atoms with Crippen LogP contribution in [-0.2, 0) is 29.4 Å². The van der Waals surface area contributed by atoms with Crippen molar-refractivity contribution in [1.82, 2.24) is 4.98 Å². The van der Waals surface area contributed by atoms with Crippen LogP contribution in [-0.4, -0.2) is 36.2 Å². The summed E-state index contributed by atoms with van der Waals surface area (Å²) in [6, 6.07) is 9.71. The smallest absolute Gasteiger partial charge is 0.324 e. The highest BCUT2D eigenvalue weighted by Crippen LogP contribution is 2.52. The second kappa shape index (κ2) is 7.76. The topological polar surface area (TPSA) is 86.8 Å². The highest BCUT2D eigenvalue weighted by molar-refractivity contribution is 7.13. The molecule has 4 rings (SSSR count). The molecule has 0 amide bonds. The van der Waals surface area contributed by atoms with E-state index >= 15 is 0 Å². The van der Waals surface area contributed by atoms with E-state index in [-0.39, 0.29) is 12.8 Å². The van der Waals surface area contributed by atoms with Gasteiger partial charge in [-0.15, -0.1) is 11.3 Å². The van der Waals surface area contributed by atoms with Gasteiger partial charge in [0.05, 0.1) is 12.3 Å². The summed E-state index contributed by atoms with van der Waals surface area (Å²) in [6.07, 6.45) is 0.962. The van der Waals surface area contributed by atoms with Crippen molar-refractivity contribution in [3.8, 4) is 0 Å². The van der Waals surface area contributed by atoms with Crippen LogP contribution in [0.25, 0.3) is 0 Å². The minimum Gasteiger partial charge on any atom is -0.459 e. The normalized spacial score (nSPS) is 28.6. The van der Waals surface area contributed by atoms with E-state index in [1.807, 2.05) is 42.6 Å². The largest absolute Gasteiger partial charge is 0.459 e. The quantitative estimate of drug-likeness (QED) is 0.418. The first-order valence-electron chi connectivity index (χ1n) is 9.75. The maximum Gasteiger partial charge on any atom is 0.324 e. The highest BCUT2D eigenvalue weighted by atomic mass is 32.1. The fraction of sp³-hybridized carbons (Fsp3) is 0.476. The summed E-state index contributed by atoms with van der Waals surface area (Å²) in [6.45, 7) is 4.71. The number of nitrogens with one attached hydrogen (secondary N) is 1. The Morgan fingerprint density at radius 2 is 2.07 bits per heavy atom. The monoisotopic (exact) mass is 416 g/mol. The molecule has 2 saturated heterocycles. The third kappa shape index (κ3) is 3.74. The Labute approximate surface area is 173 Å². The standard InChI is InChI=1S/C21H24N2O5S/c1-3-9-26-11-15-10-21(17(24)27-15)13-20(2,28-18(21)25)16-12-29-19(23-16)22-14-7-5-4-6-8-14/h4-8,12,15H,3,9-11,13H2,1-2H3,(H,22,23)/t15-,20-,21-/m0/s1. The molecule has 8 heteroatoms. The van der Waals surface area contributed by atoms with Crippen LogP contribution in [0.3, 0.4) is 0 Å². The Bertz CT molecular complexity index is 901. The van der Waals surface area contributed by atoms with Crippen molar-refractivity contribution < 1.29 is 23.8 Å². The number of hydrogen-bond donors (Lipinski definition) is 1. The van der Waals surface area contributed by atoms with Gasteiger partial charge in [0, 0.05) is 30.5 Å². The fourth-order valence-electron chi connectivity index (χ4n) is 3.89. The minimum absolute atomic E-state index is 0.219. The van der Waals surface area contributed by atoms with Gasteiger partial charge < -0.3 is 19.5 Å². The Balaban J connectivity index is 1.49. The van der Waals surface area contributed by atoms with Gasteiger partial charge in [-0.2, -0.15) is 0 Å². The van der Waals surface area contributed by atoms with Gasteiger partial charge in [-0.05, 0) is 25.5 Å². The van der Waals surface area contributed by atoms with E-state index in [1.54, 1.807) is 6.92 Å². The molecule has 154 valence electrons. The fourth-order valence-corrected chi connectivity index (χ4v) is 4.74. The van der Waals surface area contributed by atoms with Crippen molar-refractivity contribution in [2.75, 3.05) is 18.5 Å². The van der Waals surface area contributed by atoms with Crippen molar-refractivity contribution in [2.45, 2.75) is 44.8 Å². The number of hydrogen-bond acceptors (Lipinski definition) is 8. The minimum atomic E-state index is -1.27. The van der Waals surface area contributed by atoms with Gasteiger partial charge in [-0.3, -0.25) is 9.59 Å². The molecular formula is C21H24N2O5S. The van der Waals surface area contributed by atoms with E-state index in [1.165, 1.54) is 11.3 Å². The summed E-state index contributed by atoms with van der Waals surface area (Å²) in [5.41, 5.74) is -0.689. The Hall–Kier alpha value is -2.45. The number of esters is 2. The van der Waals surface area contributed by atoms with Crippen molar-refractivity contribution >= 4 is 34.1 Å². The number of cyclic esters (lactones) is 2. The van der Waals surface area contributed by atoms with Crippen LogP contribution in [0.2, 0.25) is 0 Å². The summed E-state index contributed by atoms with van der Waals surface area (Å²) < 4.78 is 16.7. The molecule has 1 aromatic heterocycles. The summed E-state index contributed by atoms with van der Waals surface area (Å²) in [5.74, 6) is -1.05. The molecule has 2 aliphatic rings. The maximum absolute atomic E-state index is 12.8. The van der Waals surface area contributed by atoms with Crippen LogP contribution in [0, 0.1) is 5.41 Å². The molecule has 0 radical (unpaired) electrons. The first kappa shape index (κ1) is 19.8. The number of para-hydroxylation sites is 1. The van der Waals surface area contributed by atoms with Crippen LogP contribution in [0.5, 0.6) is 0 Å². The molecule has 0 unspecified atom stereocenters. The highest BCUT2D eigenvalue weighted by Gasteiger charge is 2.65. The van der Waals surface area contributed by atoms with E-state index in [0.29, 0.717) is 24.0 Å². The van der Waals surface area contributed by atoms with Gasteiger partial charge >= 0.3 is 11.9 Å².